The lowest BCUT2D eigenvalue weighted by Gasteiger charge is -2.04. The molecule has 1 heteroatoms. The summed E-state index contributed by atoms with van der Waals surface area (Å²) in [5.74, 6) is 5.66. The number of hydrogen-bond donors (Lipinski definition) is 1. The minimum atomic E-state index is -0.490. The summed E-state index contributed by atoms with van der Waals surface area (Å²) in [6.07, 6.45) is 3.09. The largest absolute Gasteiger partial charge is 0.380 e. The van der Waals surface area contributed by atoms with Crippen molar-refractivity contribution in [3.63, 3.8) is 0 Å². The SMILES string of the molecule is CC=CC#CC(O)C(C)C. The number of allylic oxidation sites excluding steroid dienone is 2. The summed E-state index contributed by atoms with van der Waals surface area (Å²) in [5, 5.41) is 9.15. The molecule has 0 saturated heterocycles. The Morgan fingerprint density at radius 2 is 2.00 bits per heavy atom. The summed E-state index contributed by atoms with van der Waals surface area (Å²) >= 11 is 0. The summed E-state index contributed by atoms with van der Waals surface area (Å²) < 4.78 is 0. The van der Waals surface area contributed by atoms with Gasteiger partial charge in [0.15, 0.2) is 0 Å². The molecule has 0 aromatic heterocycles. The van der Waals surface area contributed by atoms with Crippen molar-refractivity contribution in [1.29, 1.82) is 0 Å². The van der Waals surface area contributed by atoms with E-state index in [1.54, 1.807) is 6.08 Å². The zero-order valence-electron chi connectivity index (χ0n) is 6.76. The van der Waals surface area contributed by atoms with Crippen LogP contribution in [0.5, 0.6) is 0 Å². The predicted molar refractivity (Wildman–Crippen MR) is 43.4 cm³/mol. The fraction of sp³-hybridized carbons (Fsp3) is 0.556. The van der Waals surface area contributed by atoms with Crippen LogP contribution in [0.4, 0.5) is 0 Å². The second kappa shape index (κ2) is 5.08. The molecule has 0 spiro atoms. The minimum absolute atomic E-state index is 0.220. The summed E-state index contributed by atoms with van der Waals surface area (Å²) in [4.78, 5) is 0. The molecular weight excluding hydrogens is 124 g/mol. The molecule has 10 heavy (non-hydrogen) atoms. The normalized spacial score (nSPS) is 13.3. The van der Waals surface area contributed by atoms with Crippen LogP contribution in [0, 0.1) is 17.8 Å². The van der Waals surface area contributed by atoms with E-state index in [-0.39, 0.29) is 5.92 Å². The van der Waals surface area contributed by atoms with Crippen LogP contribution in [0.2, 0.25) is 0 Å². The maximum atomic E-state index is 9.15. The second-order valence-electron chi connectivity index (χ2n) is 2.48. The first-order valence-electron chi connectivity index (χ1n) is 3.48. The van der Waals surface area contributed by atoms with Crippen molar-refractivity contribution in [2.45, 2.75) is 26.9 Å². The van der Waals surface area contributed by atoms with Crippen molar-refractivity contribution in [2.75, 3.05) is 0 Å². The third-order valence-electron chi connectivity index (χ3n) is 1.11. The summed E-state index contributed by atoms with van der Waals surface area (Å²) in [6.45, 7) is 5.78. The van der Waals surface area contributed by atoms with Gasteiger partial charge in [-0.2, -0.15) is 0 Å². The highest BCUT2D eigenvalue weighted by Crippen LogP contribution is 1.97. The molecule has 0 radical (unpaired) electrons. The molecule has 0 aromatic rings. The van der Waals surface area contributed by atoms with Gasteiger partial charge in [0.2, 0.25) is 0 Å². The van der Waals surface area contributed by atoms with Crippen LogP contribution in [0.3, 0.4) is 0 Å². The van der Waals surface area contributed by atoms with E-state index in [9.17, 15) is 0 Å². The van der Waals surface area contributed by atoms with Crippen LogP contribution in [0.1, 0.15) is 20.8 Å². The maximum absolute atomic E-state index is 9.15. The Labute approximate surface area is 62.8 Å². The lowest BCUT2D eigenvalue weighted by molar-refractivity contribution is 0.181. The third kappa shape index (κ3) is 4.17. The first-order chi connectivity index (χ1) is 4.68. The van der Waals surface area contributed by atoms with Crippen LogP contribution < -0.4 is 0 Å². The molecule has 0 bridgehead atoms. The lowest BCUT2D eigenvalue weighted by Crippen LogP contribution is -2.10. The number of hydrogen-bond acceptors (Lipinski definition) is 1. The first-order valence-corrected chi connectivity index (χ1v) is 3.48. The Balaban J connectivity index is 3.80. The number of rotatable bonds is 1. The zero-order valence-corrected chi connectivity index (χ0v) is 6.76. The van der Waals surface area contributed by atoms with Crippen LogP contribution in [-0.4, -0.2) is 11.2 Å². The molecule has 56 valence electrons. The van der Waals surface area contributed by atoms with Gasteiger partial charge in [0.25, 0.3) is 0 Å². The molecule has 1 nitrogen and oxygen atoms in total. The predicted octanol–water partition coefficient (Wildman–Crippen LogP) is 1.58. The summed E-state index contributed by atoms with van der Waals surface area (Å²) in [6, 6.07) is 0. The Bertz CT molecular complexity index is 157. The average molecular weight is 138 g/mol. The highest BCUT2D eigenvalue weighted by Gasteiger charge is 2.02. The molecule has 0 amide bonds. The number of aliphatic hydroxyl groups excluding tert-OH is 1. The van der Waals surface area contributed by atoms with Crippen molar-refractivity contribution in [1.82, 2.24) is 0 Å². The van der Waals surface area contributed by atoms with Gasteiger partial charge in [0.05, 0.1) is 0 Å². The number of aliphatic hydroxyl groups is 1. The smallest absolute Gasteiger partial charge is 0.117 e. The summed E-state index contributed by atoms with van der Waals surface area (Å²) in [7, 11) is 0. The van der Waals surface area contributed by atoms with Crippen LogP contribution in [-0.2, 0) is 0 Å². The summed E-state index contributed by atoms with van der Waals surface area (Å²) in [5.41, 5.74) is 0. The molecule has 1 atom stereocenters. The molecule has 0 rings (SSSR count). The van der Waals surface area contributed by atoms with Gasteiger partial charge < -0.3 is 5.11 Å². The van der Waals surface area contributed by atoms with Crippen molar-refractivity contribution in [3.05, 3.63) is 12.2 Å². The Kier molecular flexibility index (Phi) is 4.70. The van der Waals surface area contributed by atoms with E-state index in [1.807, 2.05) is 26.8 Å². The zero-order chi connectivity index (χ0) is 7.98. The maximum Gasteiger partial charge on any atom is 0.117 e. The Morgan fingerprint density at radius 3 is 2.40 bits per heavy atom. The van der Waals surface area contributed by atoms with E-state index in [0.717, 1.165) is 0 Å². The van der Waals surface area contributed by atoms with E-state index in [0.29, 0.717) is 0 Å². The molecule has 0 aliphatic heterocycles. The van der Waals surface area contributed by atoms with Crippen molar-refractivity contribution in [3.8, 4) is 11.8 Å². The average Bonchev–Trinajstić information content (AvgIpc) is 1.88. The van der Waals surface area contributed by atoms with Gasteiger partial charge in [-0.3, -0.25) is 0 Å². The van der Waals surface area contributed by atoms with Crippen molar-refractivity contribution in [2.24, 2.45) is 5.92 Å². The molecule has 0 aliphatic rings. The molecule has 0 aromatic carbocycles. The molecule has 0 fully saturated rings. The van der Waals surface area contributed by atoms with Crippen LogP contribution in [0.25, 0.3) is 0 Å². The molecule has 0 aliphatic carbocycles. The van der Waals surface area contributed by atoms with Gasteiger partial charge in [-0.25, -0.2) is 0 Å². The minimum Gasteiger partial charge on any atom is -0.380 e. The van der Waals surface area contributed by atoms with Gasteiger partial charge in [0, 0.05) is 0 Å². The fourth-order valence-corrected chi connectivity index (χ4v) is 0.383. The van der Waals surface area contributed by atoms with Crippen LogP contribution >= 0.6 is 0 Å². The molecule has 0 heterocycles. The van der Waals surface area contributed by atoms with Crippen molar-refractivity contribution >= 4 is 0 Å². The van der Waals surface area contributed by atoms with Gasteiger partial charge >= 0.3 is 0 Å². The molecular formula is C9H14O. The monoisotopic (exact) mass is 138 g/mol. The lowest BCUT2D eigenvalue weighted by atomic mass is 10.1. The van der Waals surface area contributed by atoms with E-state index >= 15 is 0 Å². The van der Waals surface area contributed by atoms with Crippen LogP contribution in [0.15, 0.2) is 12.2 Å². The third-order valence-corrected chi connectivity index (χ3v) is 1.11. The first kappa shape index (κ1) is 9.26. The topological polar surface area (TPSA) is 20.2 Å². The van der Waals surface area contributed by atoms with Gasteiger partial charge in [-0.05, 0) is 18.9 Å². The van der Waals surface area contributed by atoms with E-state index in [2.05, 4.69) is 11.8 Å². The van der Waals surface area contributed by atoms with E-state index < -0.39 is 6.10 Å². The highest BCUT2D eigenvalue weighted by molar-refractivity contribution is 5.17. The Morgan fingerprint density at radius 1 is 1.40 bits per heavy atom. The molecule has 0 saturated carbocycles. The molecule has 1 N–H and O–H groups in total. The van der Waals surface area contributed by atoms with E-state index in [1.165, 1.54) is 0 Å². The van der Waals surface area contributed by atoms with Gasteiger partial charge in [-0.15, -0.1) is 0 Å². The van der Waals surface area contributed by atoms with Gasteiger partial charge in [-0.1, -0.05) is 31.8 Å². The molecule has 1 unspecified atom stereocenters. The van der Waals surface area contributed by atoms with Gasteiger partial charge in [0.1, 0.15) is 6.10 Å². The Hall–Kier alpha value is -0.740. The quantitative estimate of drug-likeness (QED) is 0.545. The van der Waals surface area contributed by atoms with E-state index in [4.69, 9.17) is 5.11 Å². The van der Waals surface area contributed by atoms with Crippen molar-refractivity contribution < 1.29 is 5.11 Å². The standard InChI is InChI=1S/C9H14O/c1-4-5-6-7-9(10)8(2)3/h4-5,8-10H,1-3H3. The highest BCUT2D eigenvalue weighted by atomic mass is 16.3. The second-order valence-corrected chi connectivity index (χ2v) is 2.48. The fourth-order valence-electron chi connectivity index (χ4n) is 0.383.